The molecule has 0 bridgehead atoms. The number of benzene rings is 2. The summed E-state index contributed by atoms with van der Waals surface area (Å²) in [4.78, 5) is 17.8. The van der Waals surface area contributed by atoms with Gasteiger partial charge in [-0.05, 0) is 43.2 Å². The quantitative estimate of drug-likeness (QED) is 0.403. The molecule has 4 nitrogen and oxygen atoms in total. The molecule has 0 unspecified atom stereocenters. The molecular formula is C19H20N2O2S. The first-order chi connectivity index (χ1) is 11.6. The van der Waals surface area contributed by atoms with Crippen LogP contribution in [0.3, 0.4) is 0 Å². The van der Waals surface area contributed by atoms with Gasteiger partial charge in [-0.25, -0.2) is 4.98 Å². The van der Waals surface area contributed by atoms with Gasteiger partial charge in [0.25, 0.3) is 5.56 Å². The minimum absolute atomic E-state index is 0.0331. The van der Waals surface area contributed by atoms with Gasteiger partial charge in [0.2, 0.25) is 0 Å². The molecule has 0 N–H and O–H groups in total. The normalized spacial score (nSPS) is 11.1. The lowest BCUT2D eigenvalue weighted by Crippen LogP contribution is -2.22. The van der Waals surface area contributed by atoms with Gasteiger partial charge < -0.3 is 4.74 Å². The Morgan fingerprint density at radius 3 is 2.75 bits per heavy atom. The van der Waals surface area contributed by atoms with Crippen molar-refractivity contribution in [1.82, 2.24) is 9.55 Å². The van der Waals surface area contributed by atoms with Gasteiger partial charge in [-0.1, -0.05) is 36.0 Å². The fourth-order valence-electron chi connectivity index (χ4n) is 2.60. The molecule has 0 spiro atoms. The molecule has 1 heterocycles. The molecule has 5 heteroatoms. The molecule has 0 saturated heterocycles. The molecule has 0 radical (unpaired) electrons. The Labute approximate surface area is 145 Å². The molecule has 3 aromatic rings. The number of nitrogens with zero attached hydrogens (tertiary/aromatic N) is 2. The van der Waals surface area contributed by atoms with E-state index in [1.807, 2.05) is 50.2 Å². The Bertz CT molecular complexity index is 934. The van der Waals surface area contributed by atoms with Gasteiger partial charge in [0.05, 0.1) is 23.2 Å². The van der Waals surface area contributed by atoms with Crippen molar-refractivity contribution in [3.05, 3.63) is 63.9 Å². The summed E-state index contributed by atoms with van der Waals surface area (Å²) >= 11 is 1.54. The van der Waals surface area contributed by atoms with Crippen LogP contribution in [0.5, 0.6) is 0 Å². The molecule has 1 aromatic heterocycles. The van der Waals surface area contributed by atoms with E-state index in [1.165, 1.54) is 11.8 Å². The van der Waals surface area contributed by atoms with Crippen molar-refractivity contribution < 1.29 is 4.74 Å². The lowest BCUT2D eigenvalue weighted by Gasteiger charge is -2.15. The van der Waals surface area contributed by atoms with Crippen LogP contribution in [-0.2, 0) is 4.74 Å². The average molecular weight is 340 g/mol. The van der Waals surface area contributed by atoms with Crippen LogP contribution in [0.15, 0.2) is 52.4 Å². The molecule has 0 aliphatic heterocycles. The number of rotatable bonds is 5. The second-order valence-electron chi connectivity index (χ2n) is 5.68. The zero-order valence-electron chi connectivity index (χ0n) is 14.1. The molecule has 3 rings (SSSR count). The topological polar surface area (TPSA) is 44.1 Å². The second kappa shape index (κ2) is 7.20. The van der Waals surface area contributed by atoms with Crippen LogP contribution in [0.1, 0.15) is 11.1 Å². The van der Waals surface area contributed by atoms with E-state index in [0.29, 0.717) is 17.1 Å². The smallest absolute Gasteiger partial charge is 0.266 e. The van der Waals surface area contributed by atoms with E-state index in [0.717, 1.165) is 28.1 Å². The minimum Gasteiger partial charge on any atom is -0.384 e. The van der Waals surface area contributed by atoms with Crippen LogP contribution in [0.2, 0.25) is 0 Å². The van der Waals surface area contributed by atoms with E-state index in [4.69, 9.17) is 9.72 Å². The monoisotopic (exact) mass is 340 g/mol. The first-order valence-corrected chi connectivity index (χ1v) is 8.81. The van der Waals surface area contributed by atoms with Crippen molar-refractivity contribution in [3.8, 4) is 5.69 Å². The van der Waals surface area contributed by atoms with Crippen LogP contribution in [0.25, 0.3) is 16.6 Å². The number of ether oxygens (including phenoxy) is 1. The number of aromatic nitrogens is 2. The molecule has 0 fully saturated rings. The molecule has 0 saturated carbocycles. The van der Waals surface area contributed by atoms with Crippen LogP contribution in [-0.4, -0.2) is 29.0 Å². The van der Waals surface area contributed by atoms with E-state index in [2.05, 4.69) is 6.07 Å². The van der Waals surface area contributed by atoms with Crippen LogP contribution < -0.4 is 5.56 Å². The van der Waals surface area contributed by atoms with E-state index in [9.17, 15) is 4.79 Å². The lowest BCUT2D eigenvalue weighted by atomic mass is 10.1. The van der Waals surface area contributed by atoms with E-state index >= 15 is 0 Å². The molecular weight excluding hydrogens is 320 g/mol. The zero-order chi connectivity index (χ0) is 17.1. The third kappa shape index (κ3) is 3.23. The summed E-state index contributed by atoms with van der Waals surface area (Å²) in [6, 6.07) is 13.6. The predicted molar refractivity (Wildman–Crippen MR) is 99.4 cm³/mol. The van der Waals surface area contributed by atoms with Gasteiger partial charge in [0.15, 0.2) is 5.16 Å². The number of hydrogen-bond acceptors (Lipinski definition) is 4. The Morgan fingerprint density at radius 1 is 1.17 bits per heavy atom. The fraction of sp³-hybridized carbons (Fsp3) is 0.263. The molecule has 0 aliphatic carbocycles. The van der Waals surface area contributed by atoms with Gasteiger partial charge >= 0.3 is 0 Å². The maximum atomic E-state index is 13.1. The van der Waals surface area contributed by atoms with Gasteiger partial charge in [-0.2, -0.15) is 0 Å². The van der Waals surface area contributed by atoms with Gasteiger partial charge in [0.1, 0.15) is 0 Å². The highest BCUT2D eigenvalue weighted by molar-refractivity contribution is 7.99. The van der Waals surface area contributed by atoms with E-state index in [1.54, 1.807) is 11.7 Å². The summed E-state index contributed by atoms with van der Waals surface area (Å²) in [7, 11) is 1.67. The third-order valence-electron chi connectivity index (χ3n) is 3.87. The first-order valence-electron chi connectivity index (χ1n) is 7.83. The molecule has 0 aliphatic rings. The third-order valence-corrected chi connectivity index (χ3v) is 4.77. The van der Waals surface area contributed by atoms with Crippen molar-refractivity contribution in [2.75, 3.05) is 19.5 Å². The van der Waals surface area contributed by atoms with Gasteiger partial charge in [-0.3, -0.25) is 9.36 Å². The Hall–Kier alpha value is -2.11. The summed E-state index contributed by atoms with van der Waals surface area (Å²) in [5, 5.41) is 1.33. The Balaban J connectivity index is 2.26. The zero-order valence-corrected chi connectivity index (χ0v) is 14.9. The Morgan fingerprint density at radius 2 is 1.96 bits per heavy atom. The highest BCUT2D eigenvalue weighted by Gasteiger charge is 2.14. The van der Waals surface area contributed by atoms with E-state index in [-0.39, 0.29) is 5.56 Å². The molecule has 24 heavy (non-hydrogen) atoms. The number of hydrogen-bond donors (Lipinski definition) is 0. The van der Waals surface area contributed by atoms with Gasteiger partial charge in [-0.15, -0.1) is 0 Å². The van der Waals surface area contributed by atoms with E-state index < -0.39 is 0 Å². The molecule has 0 amide bonds. The lowest BCUT2D eigenvalue weighted by molar-refractivity contribution is 0.218. The number of aryl methyl sites for hydroxylation is 2. The van der Waals surface area contributed by atoms with Crippen molar-refractivity contribution in [3.63, 3.8) is 0 Å². The fourth-order valence-corrected chi connectivity index (χ4v) is 3.50. The SMILES string of the molecule is COCCSc1nc2ccccc2c(=O)n1-c1cc(C)ccc1C. The number of thioether (sulfide) groups is 1. The maximum Gasteiger partial charge on any atom is 0.266 e. The maximum absolute atomic E-state index is 13.1. The second-order valence-corrected chi connectivity index (χ2v) is 6.75. The van der Waals surface area contributed by atoms with Crippen LogP contribution >= 0.6 is 11.8 Å². The number of methoxy groups -OCH3 is 1. The van der Waals surface area contributed by atoms with Crippen molar-refractivity contribution in [2.24, 2.45) is 0 Å². The van der Waals surface area contributed by atoms with Crippen LogP contribution in [0, 0.1) is 13.8 Å². The van der Waals surface area contributed by atoms with Crippen molar-refractivity contribution >= 4 is 22.7 Å². The largest absolute Gasteiger partial charge is 0.384 e. The molecule has 124 valence electrons. The highest BCUT2D eigenvalue weighted by Crippen LogP contribution is 2.23. The standard InChI is InChI=1S/C19H20N2O2S/c1-13-8-9-14(2)17(12-13)21-18(22)15-6-4-5-7-16(15)20-19(21)24-11-10-23-3/h4-9,12H,10-11H2,1-3H3. The van der Waals surface area contributed by atoms with Crippen LogP contribution in [0.4, 0.5) is 0 Å². The first kappa shape index (κ1) is 16.7. The number of para-hydroxylation sites is 1. The van der Waals surface area contributed by atoms with Crippen molar-refractivity contribution in [1.29, 1.82) is 0 Å². The number of fused-ring (bicyclic) bond motifs is 1. The molecule has 0 atom stereocenters. The summed E-state index contributed by atoms with van der Waals surface area (Å²) in [5.74, 6) is 0.742. The van der Waals surface area contributed by atoms with Gasteiger partial charge in [0, 0.05) is 12.9 Å². The summed E-state index contributed by atoms with van der Waals surface area (Å²) in [5.41, 5.74) is 3.74. The minimum atomic E-state index is -0.0331. The Kier molecular flexibility index (Phi) is 5.02. The molecule has 2 aromatic carbocycles. The predicted octanol–water partition coefficient (Wildman–Crippen LogP) is 3.74. The summed E-state index contributed by atoms with van der Waals surface area (Å²) < 4.78 is 6.86. The van der Waals surface area contributed by atoms with Crippen molar-refractivity contribution in [2.45, 2.75) is 19.0 Å². The highest BCUT2D eigenvalue weighted by atomic mass is 32.2. The summed E-state index contributed by atoms with van der Waals surface area (Å²) in [6.45, 7) is 4.65. The average Bonchev–Trinajstić information content (AvgIpc) is 2.58. The summed E-state index contributed by atoms with van der Waals surface area (Å²) in [6.07, 6.45) is 0.